The highest BCUT2D eigenvalue weighted by atomic mass is 16.5. The van der Waals surface area contributed by atoms with Crippen molar-refractivity contribution in [1.29, 1.82) is 0 Å². The molecule has 1 amide bonds. The molecule has 3 rings (SSSR count). The van der Waals surface area contributed by atoms with Crippen molar-refractivity contribution in [3.8, 4) is 17.2 Å². The fourth-order valence-electron chi connectivity index (χ4n) is 2.52. The number of rotatable bonds is 6. The Labute approximate surface area is 141 Å². The van der Waals surface area contributed by atoms with Gasteiger partial charge in [0.05, 0.1) is 6.61 Å². The van der Waals surface area contributed by atoms with E-state index in [2.05, 4.69) is 5.32 Å². The number of carbonyl (C=O) groups excluding carboxylic acids is 1. The predicted molar refractivity (Wildman–Crippen MR) is 91.7 cm³/mol. The minimum absolute atomic E-state index is 0.0901. The first-order valence-corrected chi connectivity index (χ1v) is 8.18. The average molecular weight is 327 g/mol. The fourth-order valence-corrected chi connectivity index (χ4v) is 2.52. The summed E-state index contributed by atoms with van der Waals surface area (Å²) in [5.41, 5.74) is 0.731. The van der Waals surface area contributed by atoms with Gasteiger partial charge < -0.3 is 19.5 Å². The molecule has 5 heteroatoms. The summed E-state index contributed by atoms with van der Waals surface area (Å²) < 4.78 is 16.5. The SMILES string of the molecule is CCOc1ccc(Oc2ccc(NC(=O)[C@@H]3CCCO3)cc2)cc1. The molecule has 0 unspecified atom stereocenters. The monoisotopic (exact) mass is 327 g/mol. The molecule has 24 heavy (non-hydrogen) atoms. The summed E-state index contributed by atoms with van der Waals surface area (Å²) >= 11 is 0. The van der Waals surface area contributed by atoms with Crippen molar-refractivity contribution in [2.45, 2.75) is 25.9 Å². The van der Waals surface area contributed by atoms with E-state index in [9.17, 15) is 4.79 Å². The van der Waals surface area contributed by atoms with Gasteiger partial charge in [-0.25, -0.2) is 0 Å². The van der Waals surface area contributed by atoms with Crippen LogP contribution in [0.5, 0.6) is 17.2 Å². The zero-order valence-corrected chi connectivity index (χ0v) is 13.7. The van der Waals surface area contributed by atoms with Gasteiger partial charge in [-0.05, 0) is 68.3 Å². The van der Waals surface area contributed by atoms with E-state index in [-0.39, 0.29) is 12.0 Å². The molecule has 1 heterocycles. The Kier molecular flexibility index (Phi) is 5.33. The molecule has 1 aliphatic rings. The third-order valence-corrected chi connectivity index (χ3v) is 3.71. The van der Waals surface area contributed by atoms with E-state index >= 15 is 0 Å². The van der Waals surface area contributed by atoms with Gasteiger partial charge >= 0.3 is 0 Å². The number of hydrogen-bond acceptors (Lipinski definition) is 4. The van der Waals surface area contributed by atoms with Gasteiger partial charge in [-0.3, -0.25) is 4.79 Å². The third kappa shape index (κ3) is 4.26. The predicted octanol–water partition coefficient (Wildman–Crippen LogP) is 4.00. The third-order valence-electron chi connectivity index (χ3n) is 3.71. The van der Waals surface area contributed by atoms with Gasteiger partial charge in [-0.1, -0.05) is 0 Å². The summed E-state index contributed by atoms with van der Waals surface area (Å²) in [7, 11) is 0. The molecule has 5 nitrogen and oxygen atoms in total. The number of carbonyl (C=O) groups is 1. The molecule has 2 aromatic carbocycles. The number of amides is 1. The molecule has 1 fully saturated rings. The second-order valence-electron chi connectivity index (χ2n) is 5.52. The molecule has 1 aliphatic heterocycles. The molecular formula is C19H21NO4. The van der Waals surface area contributed by atoms with Gasteiger partial charge in [0.15, 0.2) is 0 Å². The van der Waals surface area contributed by atoms with Crippen molar-refractivity contribution in [2.24, 2.45) is 0 Å². The Bertz CT molecular complexity index is 661. The van der Waals surface area contributed by atoms with Gasteiger partial charge in [0.1, 0.15) is 23.4 Å². The van der Waals surface area contributed by atoms with Crippen LogP contribution in [0.25, 0.3) is 0 Å². The molecule has 0 spiro atoms. The molecule has 126 valence electrons. The zero-order valence-electron chi connectivity index (χ0n) is 13.7. The highest BCUT2D eigenvalue weighted by molar-refractivity contribution is 5.94. The lowest BCUT2D eigenvalue weighted by atomic mass is 10.2. The van der Waals surface area contributed by atoms with Gasteiger partial charge in [0.2, 0.25) is 0 Å². The Balaban J connectivity index is 1.56. The fraction of sp³-hybridized carbons (Fsp3) is 0.316. The van der Waals surface area contributed by atoms with Crippen LogP contribution < -0.4 is 14.8 Å². The van der Waals surface area contributed by atoms with Crippen molar-refractivity contribution < 1.29 is 19.0 Å². The number of benzene rings is 2. The zero-order chi connectivity index (χ0) is 16.8. The van der Waals surface area contributed by atoms with Crippen molar-refractivity contribution in [2.75, 3.05) is 18.5 Å². The number of nitrogens with one attached hydrogen (secondary N) is 1. The molecule has 1 N–H and O–H groups in total. The summed E-state index contributed by atoms with van der Waals surface area (Å²) in [6.45, 7) is 3.25. The lowest BCUT2D eigenvalue weighted by Crippen LogP contribution is -2.26. The van der Waals surface area contributed by atoms with Crippen LogP contribution in [-0.2, 0) is 9.53 Å². The molecule has 0 aromatic heterocycles. The first kappa shape index (κ1) is 16.3. The van der Waals surface area contributed by atoms with E-state index in [0.717, 1.165) is 30.0 Å². The van der Waals surface area contributed by atoms with Crippen molar-refractivity contribution in [3.05, 3.63) is 48.5 Å². The lowest BCUT2D eigenvalue weighted by Gasteiger charge is -2.11. The summed E-state index contributed by atoms with van der Waals surface area (Å²) in [5, 5.41) is 2.86. The van der Waals surface area contributed by atoms with Gasteiger partial charge in [0.25, 0.3) is 5.91 Å². The molecule has 0 saturated carbocycles. The smallest absolute Gasteiger partial charge is 0.253 e. The summed E-state index contributed by atoms with van der Waals surface area (Å²) in [4.78, 5) is 12.0. The van der Waals surface area contributed by atoms with Crippen LogP contribution >= 0.6 is 0 Å². The van der Waals surface area contributed by atoms with Gasteiger partial charge in [-0.15, -0.1) is 0 Å². The molecular weight excluding hydrogens is 306 g/mol. The van der Waals surface area contributed by atoms with Gasteiger partial charge in [0, 0.05) is 12.3 Å². The van der Waals surface area contributed by atoms with E-state index in [0.29, 0.717) is 19.0 Å². The lowest BCUT2D eigenvalue weighted by molar-refractivity contribution is -0.124. The maximum atomic E-state index is 12.0. The van der Waals surface area contributed by atoms with Crippen molar-refractivity contribution in [1.82, 2.24) is 0 Å². The number of ether oxygens (including phenoxy) is 3. The Morgan fingerprint density at radius 1 is 1.08 bits per heavy atom. The first-order chi connectivity index (χ1) is 11.7. The van der Waals surface area contributed by atoms with Crippen LogP contribution in [0.1, 0.15) is 19.8 Å². The Morgan fingerprint density at radius 3 is 2.29 bits per heavy atom. The molecule has 1 atom stereocenters. The van der Waals surface area contributed by atoms with E-state index in [4.69, 9.17) is 14.2 Å². The van der Waals surface area contributed by atoms with Crippen LogP contribution in [-0.4, -0.2) is 25.2 Å². The van der Waals surface area contributed by atoms with Gasteiger partial charge in [-0.2, -0.15) is 0 Å². The first-order valence-electron chi connectivity index (χ1n) is 8.18. The average Bonchev–Trinajstić information content (AvgIpc) is 3.13. The van der Waals surface area contributed by atoms with E-state index in [1.807, 2.05) is 55.5 Å². The topological polar surface area (TPSA) is 56.8 Å². The minimum Gasteiger partial charge on any atom is -0.494 e. The molecule has 0 bridgehead atoms. The summed E-state index contributed by atoms with van der Waals surface area (Å²) in [5.74, 6) is 2.16. The van der Waals surface area contributed by atoms with Crippen LogP contribution in [0.4, 0.5) is 5.69 Å². The van der Waals surface area contributed by atoms with E-state index < -0.39 is 0 Å². The van der Waals surface area contributed by atoms with Crippen LogP contribution in [0, 0.1) is 0 Å². The number of hydrogen-bond donors (Lipinski definition) is 1. The Hall–Kier alpha value is -2.53. The summed E-state index contributed by atoms with van der Waals surface area (Å²) in [6.07, 6.45) is 1.39. The van der Waals surface area contributed by atoms with Crippen LogP contribution in [0.3, 0.4) is 0 Å². The standard InChI is InChI=1S/C19H21NO4/c1-2-22-15-9-11-17(12-10-15)24-16-7-5-14(6-8-16)20-19(21)18-4-3-13-23-18/h5-12,18H,2-4,13H2,1H3,(H,20,21)/t18-/m0/s1. The maximum absolute atomic E-state index is 12.0. The van der Waals surface area contributed by atoms with Crippen molar-refractivity contribution >= 4 is 11.6 Å². The van der Waals surface area contributed by atoms with E-state index in [1.165, 1.54) is 0 Å². The van der Waals surface area contributed by atoms with Crippen LogP contribution in [0.15, 0.2) is 48.5 Å². The quantitative estimate of drug-likeness (QED) is 0.871. The molecule has 1 saturated heterocycles. The molecule has 0 aliphatic carbocycles. The largest absolute Gasteiger partial charge is 0.494 e. The second-order valence-corrected chi connectivity index (χ2v) is 5.52. The number of anilines is 1. The molecule has 2 aromatic rings. The summed E-state index contributed by atoms with van der Waals surface area (Å²) in [6, 6.07) is 14.7. The van der Waals surface area contributed by atoms with E-state index in [1.54, 1.807) is 0 Å². The maximum Gasteiger partial charge on any atom is 0.253 e. The minimum atomic E-state index is -0.329. The molecule has 0 radical (unpaired) electrons. The second kappa shape index (κ2) is 7.84. The van der Waals surface area contributed by atoms with Crippen LogP contribution in [0.2, 0.25) is 0 Å². The Morgan fingerprint density at radius 2 is 1.71 bits per heavy atom. The highest BCUT2D eigenvalue weighted by Crippen LogP contribution is 2.25. The van der Waals surface area contributed by atoms with Crippen molar-refractivity contribution in [3.63, 3.8) is 0 Å². The highest BCUT2D eigenvalue weighted by Gasteiger charge is 2.23. The normalized spacial score (nSPS) is 16.6.